The summed E-state index contributed by atoms with van der Waals surface area (Å²) in [6.45, 7) is 2.26. The van der Waals surface area contributed by atoms with Crippen LogP contribution in [0.4, 0.5) is 5.69 Å². The van der Waals surface area contributed by atoms with Crippen LogP contribution in [0.15, 0.2) is 18.2 Å². The molecule has 1 aliphatic rings. The van der Waals surface area contributed by atoms with E-state index in [1.54, 1.807) is 18.2 Å². The molecule has 0 bridgehead atoms. The molecule has 0 unspecified atom stereocenters. The third-order valence-corrected chi connectivity index (χ3v) is 3.85. The maximum absolute atomic E-state index is 12.3. The second-order valence-electron chi connectivity index (χ2n) is 5.36. The van der Waals surface area contributed by atoms with Crippen LogP contribution in [0.2, 0.25) is 0 Å². The van der Waals surface area contributed by atoms with Crippen molar-refractivity contribution in [2.24, 2.45) is 5.92 Å². The van der Waals surface area contributed by atoms with Crippen molar-refractivity contribution in [2.75, 3.05) is 12.8 Å². The highest BCUT2D eigenvalue weighted by molar-refractivity contribution is 5.98. The number of nitrogens with two attached hydrogens (primary N) is 1. The van der Waals surface area contributed by atoms with E-state index in [1.807, 2.05) is 0 Å². The Morgan fingerprint density at radius 1 is 1.32 bits per heavy atom. The van der Waals surface area contributed by atoms with Crippen LogP contribution in [0.5, 0.6) is 5.75 Å². The van der Waals surface area contributed by atoms with E-state index in [2.05, 4.69) is 12.2 Å². The molecule has 0 aliphatic heterocycles. The molecule has 4 heteroatoms. The molecule has 0 atom stereocenters. The molecule has 4 nitrogen and oxygen atoms in total. The Bertz CT molecular complexity index is 451. The number of para-hydroxylation sites is 1. The third kappa shape index (κ3) is 3.19. The largest absolute Gasteiger partial charge is 0.494 e. The summed E-state index contributed by atoms with van der Waals surface area (Å²) in [6, 6.07) is 5.53. The van der Waals surface area contributed by atoms with Crippen molar-refractivity contribution in [1.29, 1.82) is 0 Å². The summed E-state index contributed by atoms with van der Waals surface area (Å²) in [5.74, 6) is 1.14. The quantitative estimate of drug-likeness (QED) is 0.823. The SMILES string of the molecule is COc1c(N)cccc1C(=O)NC1CCC(C)CC1. The lowest BCUT2D eigenvalue weighted by Crippen LogP contribution is -2.37. The number of anilines is 1. The lowest BCUT2D eigenvalue weighted by Gasteiger charge is -2.27. The van der Waals surface area contributed by atoms with Gasteiger partial charge in [-0.15, -0.1) is 0 Å². The lowest BCUT2D eigenvalue weighted by molar-refractivity contribution is 0.0920. The van der Waals surface area contributed by atoms with Gasteiger partial charge in [-0.2, -0.15) is 0 Å². The molecule has 104 valence electrons. The minimum absolute atomic E-state index is 0.0938. The molecule has 1 aliphatic carbocycles. The molecule has 1 saturated carbocycles. The molecule has 19 heavy (non-hydrogen) atoms. The third-order valence-electron chi connectivity index (χ3n) is 3.85. The van der Waals surface area contributed by atoms with Crippen LogP contribution >= 0.6 is 0 Å². The van der Waals surface area contributed by atoms with Gasteiger partial charge < -0.3 is 15.8 Å². The molecule has 0 spiro atoms. The molecule has 0 radical (unpaired) electrons. The first-order chi connectivity index (χ1) is 9.11. The maximum atomic E-state index is 12.3. The van der Waals surface area contributed by atoms with Crippen LogP contribution in [0.25, 0.3) is 0 Å². The second kappa shape index (κ2) is 5.95. The number of carbonyl (C=O) groups is 1. The van der Waals surface area contributed by atoms with E-state index in [0.717, 1.165) is 18.8 Å². The van der Waals surface area contributed by atoms with Crippen molar-refractivity contribution in [1.82, 2.24) is 5.32 Å². The van der Waals surface area contributed by atoms with E-state index in [4.69, 9.17) is 10.5 Å². The number of methoxy groups -OCH3 is 1. The maximum Gasteiger partial charge on any atom is 0.255 e. The van der Waals surface area contributed by atoms with Crippen LogP contribution in [-0.2, 0) is 0 Å². The zero-order chi connectivity index (χ0) is 13.8. The monoisotopic (exact) mass is 262 g/mol. The zero-order valence-electron chi connectivity index (χ0n) is 11.6. The standard InChI is InChI=1S/C15H22N2O2/c1-10-6-8-11(9-7-10)17-15(18)12-4-3-5-13(16)14(12)19-2/h3-5,10-11H,6-9,16H2,1-2H3,(H,17,18). The molecule has 0 aromatic heterocycles. The van der Waals surface area contributed by atoms with Crippen molar-refractivity contribution in [3.8, 4) is 5.75 Å². The van der Waals surface area contributed by atoms with Gasteiger partial charge in [0, 0.05) is 6.04 Å². The number of ether oxygens (including phenoxy) is 1. The summed E-state index contributed by atoms with van der Waals surface area (Å²) in [4.78, 5) is 12.3. The van der Waals surface area contributed by atoms with Crippen LogP contribution in [0.1, 0.15) is 43.0 Å². The van der Waals surface area contributed by atoms with Crippen LogP contribution in [-0.4, -0.2) is 19.1 Å². The van der Waals surface area contributed by atoms with Crippen molar-refractivity contribution >= 4 is 11.6 Å². The van der Waals surface area contributed by atoms with E-state index in [9.17, 15) is 4.79 Å². The Labute approximate surface area is 114 Å². The molecule has 3 N–H and O–H groups in total. The van der Waals surface area contributed by atoms with Gasteiger partial charge in [-0.1, -0.05) is 13.0 Å². The Kier molecular flexibility index (Phi) is 4.30. The number of hydrogen-bond donors (Lipinski definition) is 2. The average molecular weight is 262 g/mol. The van der Waals surface area contributed by atoms with Gasteiger partial charge in [0.2, 0.25) is 0 Å². The first kappa shape index (κ1) is 13.7. The second-order valence-corrected chi connectivity index (χ2v) is 5.36. The summed E-state index contributed by atoms with van der Waals surface area (Å²) < 4.78 is 5.22. The highest BCUT2D eigenvalue weighted by Gasteiger charge is 2.22. The van der Waals surface area contributed by atoms with E-state index in [0.29, 0.717) is 17.0 Å². The number of carbonyl (C=O) groups excluding carboxylic acids is 1. The number of hydrogen-bond acceptors (Lipinski definition) is 3. The Balaban J connectivity index is 2.06. The van der Waals surface area contributed by atoms with Crippen molar-refractivity contribution < 1.29 is 9.53 Å². The summed E-state index contributed by atoms with van der Waals surface area (Å²) in [5, 5.41) is 3.08. The van der Waals surface area contributed by atoms with Gasteiger partial charge in [0.15, 0.2) is 5.75 Å². The van der Waals surface area contributed by atoms with E-state index < -0.39 is 0 Å². The van der Waals surface area contributed by atoms with Gasteiger partial charge in [-0.25, -0.2) is 0 Å². The molecule has 0 saturated heterocycles. The molecule has 1 aromatic carbocycles. The number of benzene rings is 1. The lowest BCUT2D eigenvalue weighted by atomic mass is 9.87. The van der Waals surface area contributed by atoms with Gasteiger partial charge in [0.05, 0.1) is 18.4 Å². The molecule has 2 rings (SSSR count). The summed E-state index contributed by atoms with van der Waals surface area (Å²) in [6.07, 6.45) is 4.47. The summed E-state index contributed by atoms with van der Waals surface area (Å²) in [5.41, 5.74) is 6.82. The highest BCUT2D eigenvalue weighted by atomic mass is 16.5. The molecular formula is C15H22N2O2. The van der Waals surface area contributed by atoms with Crippen LogP contribution < -0.4 is 15.8 Å². The minimum atomic E-state index is -0.0938. The number of rotatable bonds is 3. The zero-order valence-corrected chi connectivity index (χ0v) is 11.6. The molecule has 1 aromatic rings. The number of nitrogen functional groups attached to an aromatic ring is 1. The first-order valence-electron chi connectivity index (χ1n) is 6.85. The average Bonchev–Trinajstić information content (AvgIpc) is 2.41. The molecule has 1 amide bonds. The Morgan fingerprint density at radius 3 is 2.63 bits per heavy atom. The van der Waals surface area contributed by atoms with E-state index in [1.165, 1.54) is 20.0 Å². The van der Waals surface area contributed by atoms with Crippen molar-refractivity contribution in [3.05, 3.63) is 23.8 Å². The Morgan fingerprint density at radius 2 is 2.00 bits per heavy atom. The minimum Gasteiger partial charge on any atom is -0.494 e. The van der Waals surface area contributed by atoms with E-state index in [-0.39, 0.29) is 11.9 Å². The number of nitrogens with one attached hydrogen (secondary N) is 1. The fourth-order valence-corrected chi connectivity index (χ4v) is 2.63. The predicted molar refractivity (Wildman–Crippen MR) is 76.3 cm³/mol. The van der Waals surface area contributed by atoms with Crippen LogP contribution in [0.3, 0.4) is 0 Å². The highest BCUT2D eigenvalue weighted by Crippen LogP contribution is 2.27. The van der Waals surface area contributed by atoms with Gasteiger partial charge in [-0.3, -0.25) is 4.79 Å². The van der Waals surface area contributed by atoms with Gasteiger partial charge in [-0.05, 0) is 43.7 Å². The van der Waals surface area contributed by atoms with Crippen LogP contribution in [0, 0.1) is 5.92 Å². The molecule has 0 heterocycles. The fraction of sp³-hybridized carbons (Fsp3) is 0.533. The van der Waals surface area contributed by atoms with Crippen molar-refractivity contribution in [3.63, 3.8) is 0 Å². The first-order valence-corrected chi connectivity index (χ1v) is 6.85. The summed E-state index contributed by atoms with van der Waals surface area (Å²) >= 11 is 0. The summed E-state index contributed by atoms with van der Waals surface area (Å²) in [7, 11) is 1.53. The van der Waals surface area contributed by atoms with E-state index >= 15 is 0 Å². The Hall–Kier alpha value is -1.71. The molecular weight excluding hydrogens is 240 g/mol. The van der Waals surface area contributed by atoms with Crippen molar-refractivity contribution in [2.45, 2.75) is 38.6 Å². The topological polar surface area (TPSA) is 64.3 Å². The normalized spacial score (nSPS) is 22.8. The smallest absolute Gasteiger partial charge is 0.255 e. The van der Waals surface area contributed by atoms with Gasteiger partial charge in [0.1, 0.15) is 0 Å². The molecule has 1 fully saturated rings. The number of amides is 1. The fourth-order valence-electron chi connectivity index (χ4n) is 2.63. The predicted octanol–water partition coefficient (Wildman–Crippen LogP) is 2.59. The van der Waals surface area contributed by atoms with Gasteiger partial charge >= 0.3 is 0 Å². The van der Waals surface area contributed by atoms with Gasteiger partial charge in [0.25, 0.3) is 5.91 Å².